The largest absolute Gasteiger partial charge is 0.338 e. The van der Waals surface area contributed by atoms with Gasteiger partial charge in [-0.25, -0.2) is 13.2 Å². The van der Waals surface area contributed by atoms with E-state index in [4.69, 9.17) is 0 Å². The van der Waals surface area contributed by atoms with Gasteiger partial charge in [-0.15, -0.1) is 0 Å². The van der Waals surface area contributed by atoms with Crippen molar-refractivity contribution in [3.63, 3.8) is 0 Å². The molecule has 0 bridgehead atoms. The van der Waals surface area contributed by atoms with Gasteiger partial charge in [-0.3, -0.25) is 0 Å². The van der Waals surface area contributed by atoms with E-state index in [2.05, 4.69) is 24.1 Å². The lowest BCUT2D eigenvalue weighted by atomic mass is 10.3. The highest BCUT2D eigenvalue weighted by molar-refractivity contribution is 7.91. The predicted molar refractivity (Wildman–Crippen MR) is 106 cm³/mol. The monoisotopic (exact) mass is 383 g/mol. The van der Waals surface area contributed by atoms with Crippen LogP contribution in [0.25, 0.3) is 0 Å². The molecule has 1 rings (SSSR count). The molecule has 1 aromatic carbocycles. The Hall–Kier alpha value is -1.60. The summed E-state index contributed by atoms with van der Waals surface area (Å²) in [6, 6.07) is 8.09. The number of carbonyl (C=O) groups excluding carboxylic acids is 1. The number of benzene rings is 1. The van der Waals surface area contributed by atoms with Crippen molar-refractivity contribution in [3.05, 3.63) is 30.3 Å². The Bertz CT molecular complexity index is 629. The van der Waals surface area contributed by atoms with Crippen LogP contribution in [0, 0.1) is 0 Å². The number of hydrogen-bond donors (Lipinski definition) is 1. The van der Waals surface area contributed by atoms with E-state index < -0.39 is 9.84 Å². The van der Waals surface area contributed by atoms with E-state index in [1.807, 2.05) is 13.8 Å². The molecule has 6 nitrogen and oxygen atoms in total. The highest BCUT2D eigenvalue weighted by atomic mass is 32.2. The summed E-state index contributed by atoms with van der Waals surface area (Å²) in [5, 5.41) is 2.91. The molecule has 0 spiro atoms. The molecule has 0 atom stereocenters. The molecule has 0 unspecified atom stereocenters. The molecule has 2 amide bonds. The highest BCUT2D eigenvalue weighted by Crippen LogP contribution is 2.11. The third-order valence-corrected chi connectivity index (χ3v) is 6.12. The van der Waals surface area contributed by atoms with Gasteiger partial charge in [0.1, 0.15) is 0 Å². The van der Waals surface area contributed by atoms with Gasteiger partial charge in [0.2, 0.25) is 0 Å². The first-order valence-electron chi connectivity index (χ1n) is 9.36. The third kappa shape index (κ3) is 7.33. The maximum absolute atomic E-state index is 12.4. The average Bonchev–Trinajstić information content (AvgIpc) is 2.62. The summed E-state index contributed by atoms with van der Waals surface area (Å²) in [5.74, 6) is -0.0813. The fourth-order valence-corrected chi connectivity index (χ4v) is 3.94. The molecule has 0 saturated carbocycles. The van der Waals surface area contributed by atoms with Crippen molar-refractivity contribution >= 4 is 15.9 Å². The van der Waals surface area contributed by atoms with Crippen LogP contribution in [0.3, 0.4) is 0 Å². The Balaban J connectivity index is 2.54. The number of sulfone groups is 1. The SMILES string of the molecule is CCN(CC)CCCNC(=O)N(CCS(=O)(=O)c1ccccc1)C(C)C. The lowest BCUT2D eigenvalue weighted by Gasteiger charge is -2.27. The van der Waals surface area contributed by atoms with Crippen molar-refractivity contribution in [1.82, 2.24) is 15.1 Å². The molecule has 0 radical (unpaired) electrons. The van der Waals surface area contributed by atoms with Gasteiger partial charge in [-0.1, -0.05) is 32.0 Å². The first kappa shape index (κ1) is 22.4. The van der Waals surface area contributed by atoms with Gasteiger partial charge >= 0.3 is 6.03 Å². The molecule has 0 saturated heterocycles. The quantitative estimate of drug-likeness (QED) is 0.596. The molecule has 0 aliphatic heterocycles. The molecule has 26 heavy (non-hydrogen) atoms. The molecule has 148 valence electrons. The molecule has 7 heteroatoms. The van der Waals surface area contributed by atoms with E-state index in [0.717, 1.165) is 26.1 Å². The van der Waals surface area contributed by atoms with Crippen molar-refractivity contribution in [2.24, 2.45) is 0 Å². The molecule has 1 N–H and O–H groups in total. The predicted octanol–water partition coefficient (Wildman–Crippen LogP) is 2.61. The normalized spacial score (nSPS) is 11.8. The first-order valence-corrected chi connectivity index (χ1v) is 11.0. The maximum atomic E-state index is 12.4. The zero-order valence-corrected chi connectivity index (χ0v) is 17.3. The summed E-state index contributed by atoms with van der Waals surface area (Å²) in [6.45, 7) is 11.7. The molecule has 0 aliphatic rings. The number of nitrogens with one attached hydrogen (secondary N) is 1. The van der Waals surface area contributed by atoms with Crippen LogP contribution in [0.15, 0.2) is 35.2 Å². The van der Waals surface area contributed by atoms with Gasteiger partial charge in [-0.2, -0.15) is 0 Å². The lowest BCUT2D eigenvalue weighted by molar-refractivity contribution is 0.186. The third-order valence-electron chi connectivity index (χ3n) is 4.41. The topological polar surface area (TPSA) is 69.7 Å². The number of hydrogen-bond acceptors (Lipinski definition) is 4. The summed E-state index contributed by atoms with van der Waals surface area (Å²) in [6.07, 6.45) is 0.877. The minimum absolute atomic E-state index is 0.0660. The zero-order valence-electron chi connectivity index (χ0n) is 16.4. The standard InChI is InChI=1S/C19H33N3O3S/c1-5-21(6-2)14-10-13-20-19(23)22(17(3)4)15-16-26(24,25)18-11-8-7-9-12-18/h7-9,11-12,17H,5-6,10,13-16H2,1-4H3,(H,20,23). The van der Waals surface area contributed by atoms with Gasteiger partial charge in [0.25, 0.3) is 0 Å². The zero-order chi connectivity index (χ0) is 19.6. The number of nitrogens with zero attached hydrogens (tertiary/aromatic N) is 2. The smallest absolute Gasteiger partial charge is 0.317 e. The van der Waals surface area contributed by atoms with Crippen molar-refractivity contribution in [2.75, 3.05) is 38.5 Å². The highest BCUT2D eigenvalue weighted by Gasteiger charge is 2.21. The summed E-state index contributed by atoms with van der Waals surface area (Å²) < 4.78 is 24.8. The van der Waals surface area contributed by atoms with Gasteiger partial charge in [0.05, 0.1) is 10.6 Å². The summed E-state index contributed by atoms with van der Waals surface area (Å²) >= 11 is 0. The van der Waals surface area contributed by atoms with Crippen molar-refractivity contribution in [2.45, 2.75) is 45.1 Å². The van der Waals surface area contributed by atoms with Crippen LogP contribution < -0.4 is 5.32 Å². The minimum atomic E-state index is -3.39. The van der Waals surface area contributed by atoms with Gasteiger partial charge < -0.3 is 15.1 Å². The molecular weight excluding hydrogens is 350 g/mol. The van der Waals surface area contributed by atoms with Crippen LogP contribution in [-0.2, 0) is 9.84 Å². The second-order valence-corrected chi connectivity index (χ2v) is 8.64. The Morgan fingerprint density at radius 1 is 1.08 bits per heavy atom. The van der Waals surface area contributed by atoms with E-state index in [-0.39, 0.29) is 24.4 Å². The fourth-order valence-electron chi connectivity index (χ4n) is 2.70. The van der Waals surface area contributed by atoms with Gasteiger partial charge in [-0.05, 0) is 52.0 Å². The van der Waals surface area contributed by atoms with Crippen LogP contribution >= 0.6 is 0 Å². The Morgan fingerprint density at radius 2 is 1.69 bits per heavy atom. The lowest BCUT2D eigenvalue weighted by Crippen LogP contribution is -2.46. The Labute approximate surface area is 158 Å². The molecular formula is C19H33N3O3S. The van der Waals surface area contributed by atoms with E-state index in [9.17, 15) is 13.2 Å². The molecule has 0 aliphatic carbocycles. The summed E-state index contributed by atoms with van der Waals surface area (Å²) in [7, 11) is -3.39. The van der Waals surface area contributed by atoms with Crippen molar-refractivity contribution < 1.29 is 13.2 Å². The minimum Gasteiger partial charge on any atom is -0.338 e. The van der Waals surface area contributed by atoms with E-state index in [0.29, 0.717) is 11.4 Å². The van der Waals surface area contributed by atoms with E-state index in [1.54, 1.807) is 35.2 Å². The van der Waals surface area contributed by atoms with Crippen LogP contribution in [-0.4, -0.2) is 68.8 Å². The van der Waals surface area contributed by atoms with Crippen LogP contribution in [0.5, 0.6) is 0 Å². The van der Waals surface area contributed by atoms with Crippen molar-refractivity contribution in [3.8, 4) is 0 Å². The maximum Gasteiger partial charge on any atom is 0.317 e. The summed E-state index contributed by atoms with van der Waals surface area (Å²) in [4.78, 5) is 16.6. The average molecular weight is 384 g/mol. The van der Waals surface area contributed by atoms with Crippen LogP contribution in [0.4, 0.5) is 4.79 Å². The fraction of sp³-hybridized carbons (Fsp3) is 0.632. The van der Waals surface area contributed by atoms with Gasteiger partial charge in [0.15, 0.2) is 9.84 Å². The van der Waals surface area contributed by atoms with Gasteiger partial charge in [0, 0.05) is 19.1 Å². The molecule has 0 fully saturated rings. The second-order valence-electron chi connectivity index (χ2n) is 6.53. The number of urea groups is 1. The van der Waals surface area contributed by atoms with Crippen molar-refractivity contribution in [1.29, 1.82) is 0 Å². The summed E-state index contributed by atoms with van der Waals surface area (Å²) in [5.41, 5.74) is 0. The molecule has 1 aromatic rings. The number of carbonyl (C=O) groups is 1. The molecule has 0 heterocycles. The van der Waals surface area contributed by atoms with E-state index in [1.165, 1.54) is 0 Å². The molecule has 0 aromatic heterocycles. The number of rotatable bonds is 11. The number of amides is 2. The van der Waals surface area contributed by atoms with Crippen LogP contribution in [0.2, 0.25) is 0 Å². The Morgan fingerprint density at radius 3 is 2.23 bits per heavy atom. The van der Waals surface area contributed by atoms with E-state index >= 15 is 0 Å². The van der Waals surface area contributed by atoms with Crippen LogP contribution in [0.1, 0.15) is 34.1 Å². The second kappa shape index (κ2) is 11.2. The first-order chi connectivity index (χ1) is 12.3. The Kier molecular flexibility index (Phi) is 9.65.